The molecule has 28 heavy (non-hydrogen) atoms. The number of amides is 1. The molecule has 2 aromatic carbocycles. The van der Waals surface area contributed by atoms with Crippen molar-refractivity contribution in [2.24, 2.45) is 0 Å². The number of rotatable bonds is 4. The first-order valence-corrected chi connectivity index (χ1v) is 9.17. The number of esters is 1. The Hall–Kier alpha value is -3.41. The molecule has 0 aliphatic carbocycles. The van der Waals surface area contributed by atoms with E-state index in [9.17, 15) is 9.59 Å². The second-order valence-corrected chi connectivity index (χ2v) is 7.21. The molecular weight excluding hydrogens is 354 g/mol. The first-order valence-electron chi connectivity index (χ1n) is 9.17. The summed E-state index contributed by atoms with van der Waals surface area (Å²) in [4.78, 5) is 29.3. The Morgan fingerprint density at radius 1 is 1.21 bits per heavy atom. The maximum atomic E-state index is 12.9. The Labute approximate surface area is 163 Å². The molecule has 1 amide bonds. The predicted octanol–water partition coefficient (Wildman–Crippen LogP) is 3.22. The Balaban J connectivity index is 1.48. The first kappa shape index (κ1) is 18.0. The maximum Gasteiger partial charge on any atom is 0.339 e. The van der Waals surface area contributed by atoms with E-state index in [0.717, 1.165) is 16.8 Å². The van der Waals surface area contributed by atoms with E-state index in [-0.39, 0.29) is 11.9 Å². The van der Waals surface area contributed by atoms with Crippen molar-refractivity contribution in [3.63, 3.8) is 0 Å². The van der Waals surface area contributed by atoms with Gasteiger partial charge in [-0.1, -0.05) is 30.3 Å². The van der Waals surface area contributed by atoms with Gasteiger partial charge in [0.2, 0.25) is 0 Å². The molecule has 2 atom stereocenters. The summed E-state index contributed by atoms with van der Waals surface area (Å²) in [6.07, 6.45) is 5.68. The molecule has 6 heteroatoms. The molecule has 4 rings (SSSR count). The SMILES string of the molecule is C[C@@H](NC(=O)[C@]1(C)Cc2ccccc2C(=O)O1)c1ccc(-n2ccnc2)cc1. The van der Waals surface area contributed by atoms with E-state index in [0.29, 0.717) is 12.0 Å². The van der Waals surface area contributed by atoms with Gasteiger partial charge >= 0.3 is 5.97 Å². The number of aromatic nitrogens is 2. The Kier molecular flexibility index (Phi) is 4.47. The minimum absolute atomic E-state index is 0.225. The summed E-state index contributed by atoms with van der Waals surface area (Å²) in [6, 6.07) is 14.9. The number of hydrogen-bond donors (Lipinski definition) is 1. The molecule has 0 fully saturated rings. The summed E-state index contributed by atoms with van der Waals surface area (Å²) < 4.78 is 7.42. The molecular formula is C22H21N3O3. The molecule has 3 aromatic rings. The Morgan fingerprint density at radius 3 is 2.68 bits per heavy atom. The van der Waals surface area contributed by atoms with Crippen molar-refractivity contribution >= 4 is 11.9 Å². The van der Waals surface area contributed by atoms with Crippen LogP contribution in [0.4, 0.5) is 0 Å². The van der Waals surface area contributed by atoms with Crippen LogP contribution in [0.1, 0.15) is 41.4 Å². The standard InChI is InChI=1S/C22H21N3O3/c1-15(16-7-9-18(10-8-16)25-12-11-23-14-25)24-21(27)22(2)13-17-5-3-4-6-19(17)20(26)28-22/h3-12,14-15H,13H2,1-2H3,(H,24,27)/t15-,22+/m1/s1. The summed E-state index contributed by atoms with van der Waals surface area (Å²) in [7, 11) is 0. The van der Waals surface area contributed by atoms with Crippen LogP contribution in [0.3, 0.4) is 0 Å². The first-order chi connectivity index (χ1) is 13.5. The highest BCUT2D eigenvalue weighted by Crippen LogP contribution is 2.29. The van der Waals surface area contributed by atoms with E-state index in [1.165, 1.54) is 0 Å². The van der Waals surface area contributed by atoms with Crippen molar-refractivity contribution in [3.8, 4) is 5.69 Å². The lowest BCUT2D eigenvalue weighted by molar-refractivity contribution is -0.140. The topological polar surface area (TPSA) is 73.2 Å². The highest BCUT2D eigenvalue weighted by atomic mass is 16.6. The van der Waals surface area contributed by atoms with Crippen LogP contribution in [0.15, 0.2) is 67.3 Å². The van der Waals surface area contributed by atoms with E-state index in [1.54, 1.807) is 31.6 Å². The van der Waals surface area contributed by atoms with Crippen LogP contribution in [0, 0.1) is 0 Å². The number of carbonyl (C=O) groups is 2. The van der Waals surface area contributed by atoms with Gasteiger partial charge in [-0.3, -0.25) is 4.79 Å². The number of benzene rings is 2. The summed E-state index contributed by atoms with van der Waals surface area (Å²) in [5.74, 6) is -0.765. The predicted molar refractivity (Wildman–Crippen MR) is 104 cm³/mol. The van der Waals surface area contributed by atoms with E-state index < -0.39 is 11.6 Å². The molecule has 0 saturated heterocycles. The molecule has 0 spiro atoms. The van der Waals surface area contributed by atoms with Gasteiger partial charge in [-0.25, -0.2) is 9.78 Å². The van der Waals surface area contributed by atoms with Gasteiger partial charge in [-0.2, -0.15) is 0 Å². The third kappa shape index (κ3) is 3.29. The molecule has 1 N–H and O–H groups in total. The normalized spacial score (nSPS) is 19.4. The summed E-state index contributed by atoms with van der Waals surface area (Å²) >= 11 is 0. The van der Waals surface area contributed by atoms with Crippen molar-refractivity contribution < 1.29 is 14.3 Å². The zero-order valence-electron chi connectivity index (χ0n) is 15.8. The molecule has 0 unspecified atom stereocenters. The fourth-order valence-electron chi connectivity index (χ4n) is 3.44. The largest absolute Gasteiger partial charge is 0.445 e. The lowest BCUT2D eigenvalue weighted by Crippen LogP contribution is -2.52. The van der Waals surface area contributed by atoms with Gasteiger partial charge < -0.3 is 14.6 Å². The number of nitrogens with zero attached hydrogens (tertiary/aromatic N) is 2. The monoisotopic (exact) mass is 375 g/mol. The van der Waals surface area contributed by atoms with Crippen molar-refractivity contribution in [1.82, 2.24) is 14.9 Å². The van der Waals surface area contributed by atoms with Gasteiger partial charge in [-0.15, -0.1) is 0 Å². The van der Waals surface area contributed by atoms with Gasteiger partial charge in [0.15, 0.2) is 5.60 Å². The average molecular weight is 375 g/mol. The van der Waals surface area contributed by atoms with Gasteiger partial charge in [0.05, 0.1) is 17.9 Å². The molecule has 1 aliphatic heterocycles. The number of imidazole rings is 1. The number of cyclic esters (lactones) is 1. The summed E-state index contributed by atoms with van der Waals surface area (Å²) in [5, 5.41) is 2.98. The summed E-state index contributed by atoms with van der Waals surface area (Å²) in [6.45, 7) is 3.57. The van der Waals surface area contributed by atoms with E-state index in [1.807, 2.05) is 54.1 Å². The number of carbonyl (C=O) groups excluding carboxylic acids is 2. The van der Waals surface area contributed by atoms with Crippen LogP contribution in [-0.2, 0) is 16.0 Å². The molecule has 2 heterocycles. The van der Waals surface area contributed by atoms with E-state index >= 15 is 0 Å². The zero-order valence-corrected chi connectivity index (χ0v) is 15.8. The van der Waals surface area contributed by atoms with E-state index in [4.69, 9.17) is 4.74 Å². The van der Waals surface area contributed by atoms with Gasteiger partial charge in [0.25, 0.3) is 5.91 Å². The number of ether oxygens (including phenoxy) is 1. The average Bonchev–Trinajstić information content (AvgIpc) is 3.23. The van der Waals surface area contributed by atoms with Crippen LogP contribution < -0.4 is 5.32 Å². The van der Waals surface area contributed by atoms with Gasteiger partial charge in [-0.05, 0) is 43.2 Å². The lowest BCUT2D eigenvalue weighted by Gasteiger charge is -2.34. The van der Waals surface area contributed by atoms with Gasteiger partial charge in [0.1, 0.15) is 0 Å². The number of fused-ring (bicyclic) bond motifs is 1. The second kappa shape index (κ2) is 6.96. The van der Waals surface area contributed by atoms with Gasteiger partial charge in [0, 0.05) is 24.5 Å². The van der Waals surface area contributed by atoms with Crippen molar-refractivity contribution in [1.29, 1.82) is 0 Å². The smallest absolute Gasteiger partial charge is 0.339 e. The molecule has 0 radical (unpaired) electrons. The molecule has 0 saturated carbocycles. The van der Waals surface area contributed by atoms with Crippen molar-refractivity contribution in [2.75, 3.05) is 0 Å². The van der Waals surface area contributed by atoms with Crippen LogP contribution in [-0.4, -0.2) is 27.0 Å². The molecule has 1 aliphatic rings. The number of nitrogens with one attached hydrogen (secondary N) is 1. The number of hydrogen-bond acceptors (Lipinski definition) is 4. The van der Waals surface area contributed by atoms with Crippen molar-refractivity contribution in [2.45, 2.75) is 31.9 Å². The van der Waals surface area contributed by atoms with Crippen LogP contribution in [0.5, 0.6) is 0 Å². The third-order valence-electron chi connectivity index (χ3n) is 5.11. The fraction of sp³-hybridized carbons (Fsp3) is 0.227. The molecule has 0 bridgehead atoms. The highest BCUT2D eigenvalue weighted by Gasteiger charge is 2.42. The molecule has 6 nitrogen and oxygen atoms in total. The van der Waals surface area contributed by atoms with Crippen LogP contribution in [0.2, 0.25) is 0 Å². The quantitative estimate of drug-likeness (QED) is 0.711. The Bertz CT molecular complexity index is 1010. The lowest BCUT2D eigenvalue weighted by atomic mass is 9.89. The fourth-order valence-corrected chi connectivity index (χ4v) is 3.44. The Morgan fingerprint density at radius 2 is 1.96 bits per heavy atom. The minimum Gasteiger partial charge on any atom is -0.445 e. The zero-order chi connectivity index (χ0) is 19.7. The molecule has 1 aromatic heterocycles. The molecule has 142 valence electrons. The maximum absolute atomic E-state index is 12.9. The van der Waals surface area contributed by atoms with Crippen molar-refractivity contribution in [3.05, 3.63) is 83.9 Å². The summed E-state index contributed by atoms with van der Waals surface area (Å²) in [5.41, 5.74) is 2.08. The highest BCUT2D eigenvalue weighted by molar-refractivity contribution is 5.97. The van der Waals surface area contributed by atoms with E-state index in [2.05, 4.69) is 10.3 Å². The minimum atomic E-state index is -1.23. The second-order valence-electron chi connectivity index (χ2n) is 7.21. The van der Waals surface area contributed by atoms with Crippen LogP contribution >= 0.6 is 0 Å². The third-order valence-corrected chi connectivity index (χ3v) is 5.11. The van der Waals surface area contributed by atoms with Crippen LogP contribution in [0.25, 0.3) is 5.69 Å².